The van der Waals surface area contributed by atoms with Crippen LogP contribution in [0.15, 0.2) is 42.5 Å². The lowest BCUT2D eigenvalue weighted by Crippen LogP contribution is -2.25. The molecular formula is C15H14ClFO2. The molecular weight excluding hydrogens is 267 g/mol. The molecule has 1 unspecified atom stereocenters. The molecule has 2 aromatic rings. The molecule has 0 saturated heterocycles. The van der Waals surface area contributed by atoms with Gasteiger partial charge < -0.3 is 9.84 Å². The van der Waals surface area contributed by atoms with Crippen molar-refractivity contribution in [2.75, 3.05) is 7.11 Å². The summed E-state index contributed by atoms with van der Waals surface area (Å²) in [5.74, 6) is -0.0211. The van der Waals surface area contributed by atoms with E-state index in [1.165, 1.54) is 26.2 Å². The Labute approximate surface area is 116 Å². The van der Waals surface area contributed by atoms with E-state index in [0.29, 0.717) is 16.3 Å². The van der Waals surface area contributed by atoms with Gasteiger partial charge in [0.25, 0.3) is 0 Å². The topological polar surface area (TPSA) is 29.5 Å². The molecule has 2 nitrogen and oxygen atoms in total. The Hall–Kier alpha value is -1.58. The van der Waals surface area contributed by atoms with Crippen molar-refractivity contribution in [2.45, 2.75) is 12.5 Å². The molecule has 0 saturated carbocycles. The molecule has 19 heavy (non-hydrogen) atoms. The third kappa shape index (κ3) is 2.57. The van der Waals surface area contributed by atoms with Crippen LogP contribution in [-0.4, -0.2) is 12.2 Å². The summed E-state index contributed by atoms with van der Waals surface area (Å²) in [4.78, 5) is 0. The maximum absolute atomic E-state index is 13.9. The third-order valence-electron chi connectivity index (χ3n) is 3.08. The van der Waals surface area contributed by atoms with E-state index in [-0.39, 0.29) is 5.56 Å². The Bertz CT molecular complexity index is 596. The largest absolute Gasteiger partial charge is 0.496 e. The molecule has 2 rings (SSSR count). The summed E-state index contributed by atoms with van der Waals surface area (Å²) in [5, 5.41) is 11.1. The molecule has 0 aliphatic heterocycles. The van der Waals surface area contributed by atoms with E-state index in [0.717, 1.165) is 0 Å². The summed E-state index contributed by atoms with van der Waals surface area (Å²) < 4.78 is 19.1. The third-order valence-corrected chi connectivity index (χ3v) is 3.32. The SMILES string of the molecule is COc1ccc(Cl)cc1C(C)(O)c1ccccc1F. The van der Waals surface area contributed by atoms with Crippen molar-refractivity contribution in [3.05, 3.63) is 64.4 Å². The highest BCUT2D eigenvalue weighted by Crippen LogP contribution is 2.37. The van der Waals surface area contributed by atoms with Crippen LogP contribution in [0.3, 0.4) is 0 Å². The minimum atomic E-state index is -1.53. The average Bonchev–Trinajstić information content (AvgIpc) is 2.39. The molecule has 0 bridgehead atoms. The van der Waals surface area contributed by atoms with Gasteiger partial charge in [-0.25, -0.2) is 4.39 Å². The van der Waals surface area contributed by atoms with Gasteiger partial charge in [0, 0.05) is 16.1 Å². The molecule has 0 aliphatic rings. The van der Waals surface area contributed by atoms with Crippen LogP contribution in [0, 0.1) is 5.82 Å². The van der Waals surface area contributed by atoms with Gasteiger partial charge in [-0.3, -0.25) is 0 Å². The van der Waals surface area contributed by atoms with E-state index in [1.807, 2.05) is 0 Å². The van der Waals surface area contributed by atoms with Crippen molar-refractivity contribution >= 4 is 11.6 Å². The first-order valence-electron chi connectivity index (χ1n) is 5.78. The van der Waals surface area contributed by atoms with Gasteiger partial charge in [0.05, 0.1) is 7.11 Å². The minimum Gasteiger partial charge on any atom is -0.496 e. The highest BCUT2D eigenvalue weighted by Gasteiger charge is 2.31. The van der Waals surface area contributed by atoms with Gasteiger partial charge in [0.15, 0.2) is 0 Å². The molecule has 100 valence electrons. The summed E-state index contributed by atoms with van der Waals surface area (Å²) in [5.41, 5.74) is -0.926. The molecule has 0 amide bonds. The lowest BCUT2D eigenvalue weighted by Gasteiger charge is -2.26. The van der Waals surface area contributed by atoms with Crippen LogP contribution in [0.2, 0.25) is 5.02 Å². The summed E-state index contributed by atoms with van der Waals surface area (Å²) in [7, 11) is 1.49. The van der Waals surface area contributed by atoms with Gasteiger partial charge in [-0.05, 0) is 31.2 Å². The lowest BCUT2D eigenvalue weighted by molar-refractivity contribution is 0.0948. The standard InChI is InChI=1S/C15H14ClFO2/c1-15(18,11-5-3-4-6-13(11)17)12-9-10(16)7-8-14(12)19-2/h3-9,18H,1-2H3. The van der Waals surface area contributed by atoms with Gasteiger partial charge in [-0.2, -0.15) is 0 Å². The highest BCUT2D eigenvalue weighted by atomic mass is 35.5. The lowest BCUT2D eigenvalue weighted by atomic mass is 9.87. The fourth-order valence-electron chi connectivity index (χ4n) is 2.06. The van der Waals surface area contributed by atoms with Gasteiger partial charge in [-0.1, -0.05) is 29.8 Å². The second-order valence-corrected chi connectivity index (χ2v) is 4.83. The summed E-state index contributed by atoms with van der Waals surface area (Å²) >= 11 is 5.95. The number of benzene rings is 2. The zero-order valence-corrected chi connectivity index (χ0v) is 11.4. The van der Waals surface area contributed by atoms with Gasteiger partial charge >= 0.3 is 0 Å². The number of ether oxygens (including phenoxy) is 1. The van der Waals surface area contributed by atoms with Crippen molar-refractivity contribution < 1.29 is 14.2 Å². The minimum absolute atomic E-state index is 0.176. The normalized spacial score (nSPS) is 13.9. The van der Waals surface area contributed by atoms with Crippen LogP contribution in [0.5, 0.6) is 5.75 Å². The molecule has 4 heteroatoms. The first kappa shape index (κ1) is 13.8. The van der Waals surface area contributed by atoms with E-state index in [9.17, 15) is 9.50 Å². The molecule has 0 aliphatic carbocycles. The number of rotatable bonds is 3. The number of aliphatic hydroxyl groups is 1. The smallest absolute Gasteiger partial charge is 0.129 e. The number of hydrogen-bond acceptors (Lipinski definition) is 2. The predicted molar refractivity (Wildman–Crippen MR) is 73.1 cm³/mol. The molecule has 1 N–H and O–H groups in total. The maximum atomic E-state index is 13.9. The van der Waals surface area contributed by atoms with E-state index in [1.54, 1.807) is 30.3 Å². The van der Waals surface area contributed by atoms with Crippen LogP contribution < -0.4 is 4.74 Å². The Morgan fingerprint density at radius 2 is 1.84 bits per heavy atom. The molecule has 0 spiro atoms. The van der Waals surface area contributed by atoms with E-state index in [4.69, 9.17) is 16.3 Å². The Balaban J connectivity index is 2.62. The average molecular weight is 281 g/mol. The number of halogens is 2. The Morgan fingerprint density at radius 1 is 1.16 bits per heavy atom. The molecule has 1 atom stereocenters. The van der Waals surface area contributed by atoms with Crippen molar-refractivity contribution in [1.29, 1.82) is 0 Å². The number of methoxy groups -OCH3 is 1. The van der Waals surface area contributed by atoms with Crippen LogP contribution in [0.1, 0.15) is 18.1 Å². The quantitative estimate of drug-likeness (QED) is 0.928. The molecule has 0 heterocycles. The van der Waals surface area contributed by atoms with Crippen LogP contribution in [0.25, 0.3) is 0 Å². The second-order valence-electron chi connectivity index (χ2n) is 4.40. The van der Waals surface area contributed by atoms with E-state index >= 15 is 0 Å². The zero-order valence-electron chi connectivity index (χ0n) is 10.7. The maximum Gasteiger partial charge on any atom is 0.129 e. The Morgan fingerprint density at radius 3 is 2.47 bits per heavy atom. The summed E-state index contributed by atoms with van der Waals surface area (Å²) in [6, 6.07) is 11.0. The highest BCUT2D eigenvalue weighted by molar-refractivity contribution is 6.30. The zero-order chi connectivity index (χ0) is 14.0. The van der Waals surface area contributed by atoms with Crippen molar-refractivity contribution in [3.8, 4) is 5.75 Å². The fourth-order valence-corrected chi connectivity index (χ4v) is 2.23. The van der Waals surface area contributed by atoms with Gasteiger partial charge in [-0.15, -0.1) is 0 Å². The first-order chi connectivity index (χ1) is 8.96. The molecule has 0 fully saturated rings. The van der Waals surface area contributed by atoms with E-state index in [2.05, 4.69) is 0 Å². The predicted octanol–water partition coefficient (Wildman–Crippen LogP) is 3.74. The van der Waals surface area contributed by atoms with Crippen molar-refractivity contribution in [3.63, 3.8) is 0 Å². The molecule has 0 radical (unpaired) electrons. The molecule has 2 aromatic carbocycles. The molecule has 0 aromatic heterocycles. The van der Waals surface area contributed by atoms with Crippen LogP contribution in [0.4, 0.5) is 4.39 Å². The van der Waals surface area contributed by atoms with Crippen LogP contribution >= 0.6 is 11.6 Å². The monoisotopic (exact) mass is 280 g/mol. The van der Waals surface area contributed by atoms with Gasteiger partial charge in [0.2, 0.25) is 0 Å². The van der Waals surface area contributed by atoms with Gasteiger partial charge in [0.1, 0.15) is 17.2 Å². The van der Waals surface area contributed by atoms with Crippen molar-refractivity contribution in [1.82, 2.24) is 0 Å². The van der Waals surface area contributed by atoms with E-state index < -0.39 is 11.4 Å². The first-order valence-corrected chi connectivity index (χ1v) is 6.16. The summed E-state index contributed by atoms with van der Waals surface area (Å²) in [6.07, 6.45) is 0. The summed E-state index contributed by atoms with van der Waals surface area (Å²) in [6.45, 7) is 1.51. The van der Waals surface area contributed by atoms with Crippen molar-refractivity contribution in [2.24, 2.45) is 0 Å². The van der Waals surface area contributed by atoms with Crippen LogP contribution in [-0.2, 0) is 5.60 Å². The fraction of sp³-hybridized carbons (Fsp3) is 0.200. The number of hydrogen-bond donors (Lipinski definition) is 1. The second kappa shape index (κ2) is 5.19. The Kier molecular flexibility index (Phi) is 3.78.